The topological polar surface area (TPSA) is 76.2 Å². The normalized spacial score (nSPS) is 31.1. The molecule has 1 fully saturated rings. The maximum Gasteiger partial charge on any atom is 0.293 e. The highest BCUT2D eigenvalue weighted by Gasteiger charge is 2.37. The van der Waals surface area contributed by atoms with E-state index in [4.69, 9.17) is 11.1 Å². The molecule has 4 heteroatoms. The zero-order chi connectivity index (χ0) is 7.61. The Morgan fingerprint density at radius 2 is 2.40 bits per heavy atom. The van der Waals surface area contributed by atoms with E-state index in [1.807, 2.05) is 0 Å². The Balaban J connectivity index is 2.27. The Kier molecular flexibility index (Phi) is 1.72. The highest BCUT2D eigenvalue weighted by Crippen LogP contribution is 2.25. The average molecular weight is 142 g/mol. The third-order valence-corrected chi connectivity index (χ3v) is 1.57. The molecule has 3 N–H and O–H groups in total. The van der Waals surface area contributed by atoms with Crippen LogP contribution >= 0.6 is 0 Å². The number of carbonyl (C=O) groups is 1. The number of hydrogen-bond donors (Lipinski definition) is 2. The smallest absolute Gasteiger partial charge is 0.293 e. The monoisotopic (exact) mass is 142 g/mol. The second kappa shape index (κ2) is 2.38. The predicted molar refractivity (Wildman–Crippen MR) is 35.9 cm³/mol. The van der Waals surface area contributed by atoms with E-state index in [2.05, 4.69) is 4.74 Å². The van der Waals surface area contributed by atoms with Crippen LogP contribution in [0.1, 0.15) is 12.8 Å². The van der Waals surface area contributed by atoms with Gasteiger partial charge in [-0.2, -0.15) is 0 Å². The molecule has 0 heterocycles. The highest BCUT2D eigenvalue weighted by atomic mass is 16.5. The van der Waals surface area contributed by atoms with Crippen LogP contribution in [-0.2, 0) is 9.53 Å². The van der Waals surface area contributed by atoms with Gasteiger partial charge in [0.15, 0.2) is 0 Å². The van der Waals surface area contributed by atoms with Crippen molar-refractivity contribution in [1.29, 1.82) is 5.41 Å². The van der Waals surface area contributed by atoms with E-state index in [-0.39, 0.29) is 6.61 Å². The molecule has 0 amide bonds. The van der Waals surface area contributed by atoms with Crippen molar-refractivity contribution in [2.24, 2.45) is 5.73 Å². The Morgan fingerprint density at radius 3 is 2.80 bits per heavy atom. The molecule has 0 aromatic heterocycles. The molecule has 0 aromatic rings. The van der Waals surface area contributed by atoms with Crippen molar-refractivity contribution in [3.8, 4) is 0 Å². The standard InChI is InChI=1S/C6H10N2O2/c7-5-1-6(8,2-5)3-10-4-9/h4,7H,1-3,8H2. The molecule has 10 heavy (non-hydrogen) atoms. The summed E-state index contributed by atoms with van der Waals surface area (Å²) in [4.78, 5) is 9.74. The Morgan fingerprint density at radius 1 is 1.80 bits per heavy atom. The minimum Gasteiger partial charge on any atom is -0.466 e. The van der Waals surface area contributed by atoms with Crippen LogP contribution in [0.25, 0.3) is 0 Å². The van der Waals surface area contributed by atoms with Crippen LogP contribution in [0.15, 0.2) is 0 Å². The van der Waals surface area contributed by atoms with E-state index < -0.39 is 5.54 Å². The summed E-state index contributed by atoms with van der Waals surface area (Å²) in [5, 5.41) is 7.10. The van der Waals surface area contributed by atoms with Gasteiger partial charge >= 0.3 is 0 Å². The summed E-state index contributed by atoms with van der Waals surface area (Å²) >= 11 is 0. The molecule has 0 radical (unpaired) electrons. The van der Waals surface area contributed by atoms with Gasteiger partial charge in [0.2, 0.25) is 0 Å². The van der Waals surface area contributed by atoms with Crippen molar-refractivity contribution in [2.45, 2.75) is 18.4 Å². The zero-order valence-corrected chi connectivity index (χ0v) is 5.59. The molecule has 1 aliphatic carbocycles. The lowest BCUT2D eigenvalue weighted by atomic mass is 9.77. The van der Waals surface area contributed by atoms with Crippen LogP contribution < -0.4 is 5.73 Å². The van der Waals surface area contributed by atoms with Crippen LogP contribution in [0.5, 0.6) is 0 Å². The average Bonchev–Trinajstić information content (AvgIpc) is 1.81. The molecule has 1 saturated carbocycles. The van der Waals surface area contributed by atoms with E-state index in [1.165, 1.54) is 0 Å². The number of hydrogen-bond acceptors (Lipinski definition) is 4. The Labute approximate surface area is 58.9 Å². The SMILES string of the molecule is N=C1CC(N)(COC=O)C1. The van der Waals surface area contributed by atoms with Gasteiger partial charge in [0.05, 0.1) is 5.54 Å². The molecule has 0 aromatic carbocycles. The molecular formula is C6H10N2O2. The van der Waals surface area contributed by atoms with E-state index in [9.17, 15) is 4.79 Å². The predicted octanol–water partition coefficient (Wildman–Crippen LogP) is -0.330. The molecule has 4 nitrogen and oxygen atoms in total. The summed E-state index contributed by atoms with van der Waals surface area (Å²) in [7, 11) is 0. The maximum atomic E-state index is 9.74. The second-order valence-electron chi connectivity index (χ2n) is 2.73. The molecule has 0 aliphatic heterocycles. The van der Waals surface area contributed by atoms with Gasteiger partial charge in [-0.1, -0.05) is 0 Å². The summed E-state index contributed by atoms with van der Waals surface area (Å²) in [6.07, 6.45) is 1.11. The Hall–Kier alpha value is -0.900. The van der Waals surface area contributed by atoms with Gasteiger partial charge in [-0.25, -0.2) is 0 Å². The van der Waals surface area contributed by atoms with Crippen LogP contribution in [-0.4, -0.2) is 24.3 Å². The number of nitrogens with two attached hydrogens (primary N) is 1. The van der Waals surface area contributed by atoms with Gasteiger partial charge < -0.3 is 15.9 Å². The zero-order valence-electron chi connectivity index (χ0n) is 5.59. The fourth-order valence-electron chi connectivity index (χ4n) is 1.10. The number of nitrogens with one attached hydrogen (secondary N) is 1. The molecule has 0 unspecified atom stereocenters. The summed E-state index contributed by atoms with van der Waals surface area (Å²) in [5.74, 6) is 0. The summed E-state index contributed by atoms with van der Waals surface area (Å²) in [6, 6.07) is 0. The van der Waals surface area contributed by atoms with Gasteiger partial charge in [0.1, 0.15) is 6.61 Å². The first-order chi connectivity index (χ1) is 4.66. The largest absolute Gasteiger partial charge is 0.466 e. The number of ether oxygens (including phenoxy) is 1. The molecule has 56 valence electrons. The maximum absolute atomic E-state index is 9.74. The van der Waals surface area contributed by atoms with E-state index in [0.29, 0.717) is 25.0 Å². The van der Waals surface area contributed by atoms with E-state index in [0.717, 1.165) is 0 Å². The lowest BCUT2D eigenvalue weighted by Crippen LogP contribution is -2.55. The Bertz CT molecular complexity index is 159. The number of carbonyl (C=O) groups excluding carboxylic acids is 1. The summed E-state index contributed by atoms with van der Waals surface area (Å²) in [5.41, 5.74) is 5.86. The second-order valence-corrected chi connectivity index (χ2v) is 2.73. The number of rotatable bonds is 3. The minimum atomic E-state index is -0.433. The summed E-state index contributed by atoms with van der Waals surface area (Å²) < 4.78 is 4.49. The van der Waals surface area contributed by atoms with Gasteiger partial charge in [0, 0.05) is 18.6 Å². The highest BCUT2D eigenvalue weighted by molar-refractivity contribution is 5.90. The minimum absolute atomic E-state index is 0.235. The molecular weight excluding hydrogens is 132 g/mol. The van der Waals surface area contributed by atoms with Gasteiger partial charge in [0.25, 0.3) is 6.47 Å². The molecule has 0 atom stereocenters. The molecule has 1 aliphatic rings. The van der Waals surface area contributed by atoms with E-state index >= 15 is 0 Å². The molecule has 0 saturated heterocycles. The van der Waals surface area contributed by atoms with Crippen molar-refractivity contribution in [2.75, 3.05) is 6.61 Å². The quantitative estimate of drug-likeness (QED) is 0.530. The van der Waals surface area contributed by atoms with Gasteiger partial charge in [-0.15, -0.1) is 0 Å². The van der Waals surface area contributed by atoms with Crippen LogP contribution in [0.2, 0.25) is 0 Å². The molecule has 0 bridgehead atoms. The summed E-state index contributed by atoms with van der Waals surface area (Å²) in [6.45, 7) is 0.620. The lowest BCUT2D eigenvalue weighted by molar-refractivity contribution is -0.130. The molecule has 0 spiro atoms. The van der Waals surface area contributed by atoms with Crippen molar-refractivity contribution in [3.05, 3.63) is 0 Å². The van der Waals surface area contributed by atoms with Crippen molar-refractivity contribution in [3.63, 3.8) is 0 Å². The van der Waals surface area contributed by atoms with Crippen LogP contribution in [0.4, 0.5) is 0 Å². The molecule has 1 rings (SSSR count). The third kappa shape index (κ3) is 1.33. The third-order valence-electron chi connectivity index (χ3n) is 1.57. The van der Waals surface area contributed by atoms with Crippen LogP contribution in [0.3, 0.4) is 0 Å². The fraction of sp³-hybridized carbons (Fsp3) is 0.667. The van der Waals surface area contributed by atoms with E-state index in [1.54, 1.807) is 0 Å². The van der Waals surface area contributed by atoms with Gasteiger partial charge in [-0.3, -0.25) is 4.79 Å². The first-order valence-corrected chi connectivity index (χ1v) is 3.07. The lowest BCUT2D eigenvalue weighted by Gasteiger charge is -2.37. The first-order valence-electron chi connectivity index (χ1n) is 3.07. The van der Waals surface area contributed by atoms with Crippen molar-refractivity contribution < 1.29 is 9.53 Å². The van der Waals surface area contributed by atoms with Crippen molar-refractivity contribution >= 4 is 12.2 Å². The van der Waals surface area contributed by atoms with Crippen LogP contribution in [0, 0.1) is 5.41 Å². The first kappa shape index (κ1) is 7.21. The fourth-order valence-corrected chi connectivity index (χ4v) is 1.10. The van der Waals surface area contributed by atoms with Crippen molar-refractivity contribution in [1.82, 2.24) is 0 Å². The van der Waals surface area contributed by atoms with Gasteiger partial charge in [-0.05, 0) is 0 Å².